The maximum absolute atomic E-state index is 11.6. The zero-order chi connectivity index (χ0) is 16.8. The molecule has 1 heterocycles. The summed E-state index contributed by atoms with van der Waals surface area (Å²) in [7, 11) is 0. The molecule has 0 aromatic heterocycles. The molecule has 0 aliphatic carbocycles. The summed E-state index contributed by atoms with van der Waals surface area (Å²) in [6.07, 6.45) is 18.0. The number of unbranched alkanes of at least 4 members (excludes halogenated alkanes) is 1. The first-order chi connectivity index (χ1) is 11.2. The molecule has 1 atom stereocenters. The van der Waals surface area contributed by atoms with E-state index in [1.165, 1.54) is 6.42 Å². The molecular formula is C20H32O3. The Bertz CT molecular complexity index is 401. The Hall–Kier alpha value is -1.19. The highest BCUT2D eigenvalue weighted by Crippen LogP contribution is 2.13. The van der Waals surface area contributed by atoms with E-state index in [9.17, 15) is 4.79 Å². The van der Waals surface area contributed by atoms with Crippen molar-refractivity contribution in [2.75, 3.05) is 13.2 Å². The average molecular weight is 320 g/mol. The number of ether oxygens (including phenoxy) is 2. The van der Waals surface area contributed by atoms with E-state index in [1.807, 2.05) is 6.92 Å². The van der Waals surface area contributed by atoms with Crippen molar-refractivity contribution in [2.45, 2.75) is 71.5 Å². The molecule has 1 aliphatic rings. The quantitative estimate of drug-likeness (QED) is 0.301. The number of rotatable bonds is 11. The van der Waals surface area contributed by atoms with Crippen LogP contribution in [0.5, 0.6) is 0 Å². The largest absolute Gasteiger partial charge is 0.353 e. The molecule has 1 aliphatic heterocycles. The Morgan fingerprint density at radius 3 is 2.57 bits per heavy atom. The Kier molecular flexibility index (Phi) is 11.5. The molecule has 23 heavy (non-hydrogen) atoms. The van der Waals surface area contributed by atoms with E-state index < -0.39 is 0 Å². The summed E-state index contributed by atoms with van der Waals surface area (Å²) in [5, 5.41) is 0. The van der Waals surface area contributed by atoms with E-state index in [1.54, 1.807) is 6.08 Å². The second-order valence-electron chi connectivity index (χ2n) is 6.00. The Labute approximate surface area is 141 Å². The summed E-state index contributed by atoms with van der Waals surface area (Å²) in [6.45, 7) is 5.53. The van der Waals surface area contributed by atoms with Crippen LogP contribution in [0.4, 0.5) is 0 Å². The van der Waals surface area contributed by atoms with Crippen molar-refractivity contribution in [3.05, 3.63) is 36.0 Å². The minimum atomic E-state index is -0.00349. The van der Waals surface area contributed by atoms with Gasteiger partial charge < -0.3 is 9.47 Å². The summed E-state index contributed by atoms with van der Waals surface area (Å²) in [5.74, 6) is 0.232. The van der Waals surface area contributed by atoms with Gasteiger partial charge in [0.05, 0.1) is 6.61 Å². The van der Waals surface area contributed by atoms with Gasteiger partial charge in [0.2, 0.25) is 0 Å². The SMILES string of the molecule is CCC(C)=CC(=O)CCC=CCCC=CCOC1CCCCO1. The number of carbonyl (C=O) groups is 1. The van der Waals surface area contributed by atoms with E-state index >= 15 is 0 Å². The van der Waals surface area contributed by atoms with Gasteiger partial charge in [0, 0.05) is 13.0 Å². The third kappa shape index (κ3) is 11.1. The minimum Gasteiger partial charge on any atom is -0.353 e. The summed E-state index contributed by atoms with van der Waals surface area (Å²) < 4.78 is 11.1. The zero-order valence-electron chi connectivity index (χ0n) is 14.8. The maximum atomic E-state index is 11.6. The van der Waals surface area contributed by atoms with Crippen molar-refractivity contribution in [1.29, 1.82) is 0 Å². The van der Waals surface area contributed by atoms with Gasteiger partial charge >= 0.3 is 0 Å². The monoisotopic (exact) mass is 320 g/mol. The van der Waals surface area contributed by atoms with Gasteiger partial charge in [-0.05, 0) is 57.9 Å². The van der Waals surface area contributed by atoms with Crippen LogP contribution in [-0.4, -0.2) is 25.3 Å². The smallest absolute Gasteiger partial charge is 0.157 e. The standard InChI is InChI=1S/C20H32O3/c1-3-18(2)17-19(21)13-9-7-5-4-6-8-11-15-22-20-14-10-12-16-23-20/h5,7-8,11,17,20H,3-4,6,9-10,12-16H2,1-2H3. The molecule has 0 aromatic carbocycles. The van der Waals surface area contributed by atoms with E-state index in [2.05, 4.69) is 31.2 Å². The van der Waals surface area contributed by atoms with Gasteiger partial charge in [-0.25, -0.2) is 0 Å². The van der Waals surface area contributed by atoms with Crippen LogP contribution in [0.1, 0.15) is 65.2 Å². The first kappa shape index (κ1) is 19.9. The van der Waals surface area contributed by atoms with Crippen molar-refractivity contribution < 1.29 is 14.3 Å². The number of hydrogen-bond donors (Lipinski definition) is 0. The molecule has 0 aromatic rings. The number of allylic oxidation sites excluding steroid dienone is 5. The van der Waals surface area contributed by atoms with Crippen LogP contribution in [0.3, 0.4) is 0 Å². The first-order valence-corrected chi connectivity index (χ1v) is 8.95. The first-order valence-electron chi connectivity index (χ1n) is 8.95. The highest BCUT2D eigenvalue weighted by atomic mass is 16.7. The van der Waals surface area contributed by atoms with Crippen LogP contribution in [0.15, 0.2) is 36.0 Å². The molecule has 3 heteroatoms. The van der Waals surface area contributed by atoms with Gasteiger partial charge in [-0.1, -0.05) is 36.8 Å². The molecule has 0 spiro atoms. The molecule has 0 saturated carbocycles. The highest BCUT2D eigenvalue weighted by Gasteiger charge is 2.12. The Balaban J connectivity index is 1.97. The molecule has 3 nitrogen and oxygen atoms in total. The molecule has 130 valence electrons. The highest BCUT2D eigenvalue weighted by molar-refractivity contribution is 5.90. The zero-order valence-corrected chi connectivity index (χ0v) is 14.8. The number of hydrogen-bond acceptors (Lipinski definition) is 3. The van der Waals surface area contributed by atoms with Crippen LogP contribution in [0.25, 0.3) is 0 Å². The predicted octanol–water partition coefficient (Wildman–Crippen LogP) is 5.13. The molecule has 1 unspecified atom stereocenters. The van der Waals surface area contributed by atoms with E-state index in [0.717, 1.165) is 50.7 Å². The second-order valence-corrected chi connectivity index (χ2v) is 6.00. The number of carbonyl (C=O) groups excluding carboxylic acids is 1. The molecule has 1 rings (SSSR count). The van der Waals surface area contributed by atoms with Crippen LogP contribution < -0.4 is 0 Å². The Morgan fingerprint density at radius 2 is 1.87 bits per heavy atom. The van der Waals surface area contributed by atoms with Crippen LogP contribution in [-0.2, 0) is 14.3 Å². The third-order valence-corrected chi connectivity index (χ3v) is 3.87. The average Bonchev–Trinajstić information content (AvgIpc) is 2.57. The van der Waals surface area contributed by atoms with E-state index in [4.69, 9.17) is 9.47 Å². The lowest BCUT2D eigenvalue weighted by Gasteiger charge is -2.21. The van der Waals surface area contributed by atoms with Gasteiger partial charge in [0.15, 0.2) is 12.1 Å². The third-order valence-electron chi connectivity index (χ3n) is 3.87. The van der Waals surface area contributed by atoms with Crippen molar-refractivity contribution in [1.82, 2.24) is 0 Å². The van der Waals surface area contributed by atoms with Crippen molar-refractivity contribution in [2.24, 2.45) is 0 Å². The summed E-state index contributed by atoms with van der Waals surface area (Å²) in [4.78, 5) is 11.6. The van der Waals surface area contributed by atoms with Gasteiger partial charge in [0.25, 0.3) is 0 Å². The Morgan fingerprint density at radius 1 is 1.13 bits per heavy atom. The van der Waals surface area contributed by atoms with E-state index in [-0.39, 0.29) is 12.1 Å². The van der Waals surface area contributed by atoms with Crippen LogP contribution in [0.2, 0.25) is 0 Å². The lowest BCUT2D eigenvalue weighted by molar-refractivity contribution is -0.155. The lowest BCUT2D eigenvalue weighted by Crippen LogP contribution is -2.22. The summed E-state index contributed by atoms with van der Waals surface area (Å²) >= 11 is 0. The maximum Gasteiger partial charge on any atom is 0.157 e. The van der Waals surface area contributed by atoms with Gasteiger partial charge in [-0.15, -0.1) is 0 Å². The lowest BCUT2D eigenvalue weighted by atomic mass is 10.1. The summed E-state index contributed by atoms with van der Waals surface area (Å²) in [5.41, 5.74) is 1.16. The summed E-state index contributed by atoms with van der Waals surface area (Å²) in [6, 6.07) is 0. The number of ketones is 1. The van der Waals surface area contributed by atoms with E-state index in [0.29, 0.717) is 13.0 Å². The normalized spacial score (nSPS) is 19.7. The molecule has 0 radical (unpaired) electrons. The fourth-order valence-electron chi connectivity index (χ4n) is 2.29. The van der Waals surface area contributed by atoms with Gasteiger partial charge in [-0.2, -0.15) is 0 Å². The van der Waals surface area contributed by atoms with Gasteiger partial charge in [0.1, 0.15) is 0 Å². The molecule has 0 N–H and O–H groups in total. The fraction of sp³-hybridized carbons (Fsp3) is 0.650. The van der Waals surface area contributed by atoms with Gasteiger partial charge in [-0.3, -0.25) is 4.79 Å². The topological polar surface area (TPSA) is 35.5 Å². The molecular weight excluding hydrogens is 288 g/mol. The van der Waals surface area contributed by atoms with Crippen LogP contribution >= 0.6 is 0 Å². The second kappa shape index (κ2) is 13.3. The molecule has 1 fully saturated rings. The van der Waals surface area contributed by atoms with Crippen molar-refractivity contribution in [3.8, 4) is 0 Å². The molecule has 0 amide bonds. The van der Waals surface area contributed by atoms with Crippen molar-refractivity contribution >= 4 is 5.78 Å². The van der Waals surface area contributed by atoms with Crippen LogP contribution in [0, 0.1) is 0 Å². The molecule has 0 bridgehead atoms. The van der Waals surface area contributed by atoms with Crippen molar-refractivity contribution in [3.63, 3.8) is 0 Å². The predicted molar refractivity (Wildman–Crippen MR) is 95.3 cm³/mol. The molecule has 1 saturated heterocycles. The minimum absolute atomic E-state index is 0.00349. The fourth-order valence-corrected chi connectivity index (χ4v) is 2.29.